The third-order valence-corrected chi connectivity index (χ3v) is 6.16. The smallest absolute Gasteiger partial charge is 0.214 e. The Morgan fingerprint density at radius 2 is 2.43 bits per heavy atom. The molecular formula is C3H5NP3+. The molecule has 1 atom stereocenters. The molecule has 36 valence electrons. The first-order valence-electron chi connectivity index (χ1n) is 1.84. The van der Waals surface area contributed by atoms with Gasteiger partial charge in [-0.2, -0.15) is 0 Å². The van der Waals surface area contributed by atoms with Crippen molar-refractivity contribution in [2.75, 3.05) is 5.50 Å². The van der Waals surface area contributed by atoms with Crippen LogP contribution >= 0.6 is 22.8 Å². The van der Waals surface area contributed by atoms with Crippen molar-refractivity contribution in [3.8, 4) is 0 Å². The van der Waals surface area contributed by atoms with Gasteiger partial charge >= 0.3 is 0 Å². The van der Waals surface area contributed by atoms with Crippen molar-refractivity contribution in [3.05, 3.63) is 17.7 Å². The second kappa shape index (κ2) is 2.70. The van der Waals surface area contributed by atoms with Crippen LogP contribution < -0.4 is 5.50 Å². The minimum absolute atomic E-state index is 0.244. The Morgan fingerprint density at radius 1 is 1.57 bits per heavy atom. The summed E-state index contributed by atoms with van der Waals surface area (Å²) in [6.07, 6.45) is 0. The molecule has 0 fully saturated rings. The predicted molar refractivity (Wildman–Crippen MR) is 38.7 cm³/mol. The highest BCUT2D eigenvalue weighted by atomic mass is 32.2. The van der Waals surface area contributed by atoms with Crippen LogP contribution in [0.1, 0.15) is 0 Å². The van der Waals surface area contributed by atoms with Crippen LogP contribution in [0.25, 0.3) is 0 Å². The molecule has 0 spiro atoms. The number of hydrogen-bond donors (Lipinski definition) is 1. The van der Waals surface area contributed by atoms with E-state index < -0.39 is 0 Å². The molecule has 0 aliphatic carbocycles. The van der Waals surface area contributed by atoms with Gasteiger partial charge in [0.05, 0.1) is 11.6 Å². The third-order valence-electron chi connectivity index (χ3n) is 0.546. The lowest BCUT2D eigenvalue weighted by atomic mass is 10.8. The van der Waals surface area contributed by atoms with E-state index in [0.717, 1.165) is 0 Å². The SMILES string of the molecule is N[p+]1cccpp1. The summed E-state index contributed by atoms with van der Waals surface area (Å²) in [5.74, 6) is 4.20. The average molecular weight is 148 g/mol. The maximum absolute atomic E-state index is 5.57. The van der Waals surface area contributed by atoms with Gasteiger partial charge in [0, 0.05) is 0 Å². The van der Waals surface area contributed by atoms with E-state index in [-0.39, 0.29) is 7.36 Å². The van der Waals surface area contributed by atoms with Crippen LogP contribution in [0.4, 0.5) is 0 Å². The zero-order valence-corrected chi connectivity index (χ0v) is 6.33. The van der Waals surface area contributed by atoms with Crippen molar-refractivity contribution < 1.29 is 0 Å². The minimum atomic E-state index is -0.244. The van der Waals surface area contributed by atoms with Gasteiger partial charge in [-0.15, -0.1) is 0 Å². The maximum atomic E-state index is 5.57. The van der Waals surface area contributed by atoms with Crippen molar-refractivity contribution in [1.29, 1.82) is 0 Å². The molecule has 0 saturated carbocycles. The summed E-state index contributed by atoms with van der Waals surface area (Å²) >= 11 is 0. The normalized spacial score (nSPS) is 13.6. The molecule has 1 heterocycles. The molecule has 0 radical (unpaired) electrons. The Kier molecular flexibility index (Phi) is 2.16. The summed E-state index contributed by atoms with van der Waals surface area (Å²) in [5, 5.41) is 0. The van der Waals surface area contributed by atoms with Crippen LogP contribution in [0, 0.1) is 0 Å². The predicted octanol–water partition coefficient (Wildman–Crippen LogP) is 2.83. The van der Waals surface area contributed by atoms with E-state index in [1.165, 1.54) is 15.4 Å². The molecule has 4 heteroatoms. The van der Waals surface area contributed by atoms with E-state index in [1.807, 2.05) is 6.07 Å². The van der Waals surface area contributed by atoms with Crippen molar-refractivity contribution in [2.45, 2.75) is 0 Å². The lowest BCUT2D eigenvalue weighted by molar-refractivity contribution is 2.10. The zero-order valence-electron chi connectivity index (χ0n) is 3.65. The summed E-state index contributed by atoms with van der Waals surface area (Å²) < 4.78 is 0. The van der Waals surface area contributed by atoms with Gasteiger partial charge in [-0.1, -0.05) is 0 Å². The molecule has 1 aromatic heterocycles. The van der Waals surface area contributed by atoms with Crippen LogP contribution in [0.5, 0.6) is 0 Å². The van der Waals surface area contributed by atoms with Crippen LogP contribution in [-0.4, -0.2) is 0 Å². The largest absolute Gasteiger partial charge is 0.220 e. The fraction of sp³-hybridized carbons (Fsp3) is 0. The fourth-order valence-electron chi connectivity index (χ4n) is 0.284. The van der Waals surface area contributed by atoms with E-state index in [0.29, 0.717) is 0 Å². The molecule has 0 aromatic carbocycles. The first-order valence-corrected chi connectivity index (χ1v) is 6.59. The molecule has 0 amide bonds. The van der Waals surface area contributed by atoms with Gasteiger partial charge in [-0.3, -0.25) is 0 Å². The first-order chi connectivity index (χ1) is 3.39. The van der Waals surface area contributed by atoms with Crippen LogP contribution in [-0.2, 0) is 0 Å². The molecule has 2 N–H and O–H groups in total. The topological polar surface area (TPSA) is 26.0 Å². The lowest BCUT2D eigenvalue weighted by Crippen LogP contribution is -1.64. The summed E-state index contributed by atoms with van der Waals surface area (Å²) in [7, 11) is 2.48. The lowest BCUT2D eigenvalue weighted by Gasteiger charge is -1.69. The maximum Gasteiger partial charge on any atom is 0.220 e. The highest BCUT2D eigenvalue weighted by Gasteiger charge is 1.87. The van der Waals surface area contributed by atoms with Crippen molar-refractivity contribution in [2.24, 2.45) is 0 Å². The Morgan fingerprint density at radius 3 is 2.71 bits per heavy atom. The van der Waals surface area contributed by atoms with Gasteiger partial charge in [0.25, 0.3) is 0 Å². The zero-order chi connectivity index (χ0) is 5.11. The minimum Gasteiger partial charge on any atom is -0.214 e. The van der Waals surface area contributed by atoms with E-state index in [2.05, 4.69) is 11.6 Å². The molecule has 0 aliphatic rings. The van der Waals surface area contributed by atoms with Crippen LogP contribution in [0.3, 0.4) is 0 Å². The molecular weight excluding hydrogens is 143 g/mol. The van der Waals surface area contributed by atoms with E-state index in [1.54, 1.807) is 0 Å². The Balaban J connectivity index is 3.02. The van der Waals surface area contributed by atoms with E-state index in [9.17, 15) is 0 Å². The third kappa shape index (κ3) is 1.80. The molecule has 1 unspecified atom stereocenters. The monoisotopic (exact) mass is 148 g/mol. The first kappa shape index (κ1) is 5.60. The standard InChI is InChI=1S/C3H5NP3/c4-7-3-1-2-5-6-7/h1-3H,4H2/q+1. The summed E-state index contributed by atoms with van der Waals surface area (Å²) in [5.41, 5.74) is 5.57. The molecule has 0 saturated heterocycles. The number of nitrogens with two attached hydrogens (primary N) is 1. The quantitative estimate of drug-likeness (QED) is 0.601. The van der Waals surface area contributed by atoms with Gasteiger partial charge in [0.1, 0.15) is 7.36 Å². The summed E-state index contributed by atoms with van der Waals surface area (Å²) in [6, 6.07) is 2.05. The van der Waals surface area contributed by atoms with Gasteiger partial charge in [0.15, 0.2) is 7.87 Å². The van der Waals surface area contributed by atoms with Crippen molar-refractivity contribution >= 4 is 22.8 Å². The summed E-state index contributed by atoms with van der Waals surface area (Å²) in [6.45, 7) is 0. The molecule has 1 rings (SSSR count). The Labute approximate surface area is 46.7 Å². The Hall–Kier alpha value is 0.470. The van der Waals surface area contributed by atoms with Crippen molar-refractivity contribution in [3.63, 3.8) is 0 Å². The molecule has 0 bridgehead atoms. The van der Waals surface area contributed by atoms with Gasteiger partial charge in [-0.05, 0) is 6.07 Å². The van der Waals surface area contributed by atoms with Gasteiger partial charge in [-0.25, -0.2) is 5.50 Å². The van der Waals surface area contributed by atoms with Gasteiger partial charge < -0.3 is 0 Å². The fourth-order valence-corrected chi connectivity index (χ4v) is 4.41. The average Bonchev–Trinajstić information content (AvgIpc) is 1.69. The second-order valence-corrected chi connectivity index (χ2v) is 7.07. The molecule has 7 heavy (non-hydrogen) atoms. The number of hydrogen-bond acceptors (Lipinski definition) is 1. The highest BCUT2D eigenvalue weighted by Crippen LogP contribution is 2.35. The highest BCUT2D eigenvalue weighted by molar-refractivity contribution is 8.21. The number of nitrogen functional groups attached to an aromatic ring is 1. The van der Waals surface area contributed by atoms with Crippen LogP contribution in [0.15, 0.2) is 17.7 Å². The Bertz CT molecular complexity index is 140. The van der Waals surface area contributed by atoms with Gasteiger partial charge in [0.2, 0.25) is 7.55 Å². The molecule has 1 nitrogen and oxygen atoms in total. The second-order valence-electron chi connectivity index (χ2n) is 1.08. The van der Waals surface area contributed by atoms with E-state index in [4.69, 9.17) is 5.50 Å². The number of rotatable bonds is 0. The van der Waals surface area contributed by atoms with E-state index >= 15 is 0 Å². The van der Waals surface area contributed by atoms with Crippen molar-refractivity contribution in [1.82, 2.24) is 0 Å². The molecule has 0 aliphatic heterocycles. The van der Waals surface area contributed by atoms with Crippen LogP contribution in [0.2, 0.25) is 0 Å². The summed E-state index contributed by atoms with van der Waals surface area (Å²) in [4.78, 5) is 0. The molecule has 1 aromatic rings.